The molecule has 76 valence electrons. The second-order valence-corrected chi connectivity index (χ2v) is 3.05. The molecular weight excluding hydrogens is 188 g/mol. The van der Waals surface area contributed by atoms with Gasteiger partial charge in [0.15, 0.2) is 12.5 Å². The average Bonchev–Trinajstić information content (AvgIpc) is 2.63. The summed E-state index contributed by atoms with van der Waals surface area (Å²) in [5.74, 6) is 0. The van der Waals surface area contributed by atoms with Gasteiger partial charge in [-0.3, -0.25) is 9.98 Å². The molecule has 2 unspecified atom stereocenters. The van der Waals surface area contributed by atoms with Crippen molar-refractivity contribution in [1.29, 1.82) is 0 Å². The summed E-state index contributed by atoms with van der Waals surface area (Å²) in [5.41, 5.74) is 0. The largest absolute Gasteiger partial charge is 0.324 e. The van der Waals surface area contributed by atoms with E-state index >= 15 is 0 Å². The van der Waals surface area contributed by atoms with Gasteiger partial charge in [-0.25, -0.2) is 0 Å². The predicted molar refractivity (Wildman–Crippen MR) is 62.2 cm³/mol. The summed E-state index contributed by atoms with van der Waals surface area (Å²) in [5, 5.41) is 0. The summed E-state index contributed by atoms with van der Waals surface area (Å²) in [4.78, 5) is 8.40. The topological polar surface area (TPSA) is 34.0 Å². The van der Waals surface area contributed by atoms with E-state index in [1.807, 2.05) is 48.6 Å². The van der Waals surface area contributed by atoms with E-state index in [-0.39, 0.29) is 12.5 Å². The smallest absolute Gasteiger partial charge is 0.170 e. The molecule has 3 heteroatoms. The van der Waals surface area contributed by atoms with Gasteiger partial charge in [0.2, 0.25) is 0 Å². The molecule has 2 atom stereocenters. The molecule has 2 aliphatic rings. The number of ether oxygens (including phenoxy) is 1. The predicted octanol–water partition coefficient (Wildman–Crippen LogP) is 2.05. The Hall–Kier alpha value is -1.74. The van der Waals surface area contributed by atoms with Gasteiger partial charge in [0.1, 0.15) is 0 Å². The van der Waals surface area contributed by atoms with Crippen LogP contribution in [0, 0.1) is 0 Å². The molecule has 2 heterocycles. The fourth-order valence-corrected chi connectivity index (χ4v) is 1.22. The molecule has 0 aliphatic carbocycles. The molecule has 15 heavy (non-hydrogen) atoms. The van der Waals surface area contributed by atoms with Crippen LogP contribution < -0.4 is 0 Å². The number of rotatable bonds is 2. The fraction of sp³-hybridized carbons (Fsp3) is 0.167. The number of allylic oxidation sites excluding steroid dienone is 6. The van der Waals surface area contributed by atoms with Gasteiger partial charge in [0.05, 0.1) is 0 Å². The molecule has 0 radical (unpaired) electrons. The number of nitrogens with zero attached hydrogens (tertiary/aromatic N) is 2. The quantitative estimate of drug-likeness (QED) is 0.671. The maximum absolute atomic E-state index is 5.64. The van der Waals surface area contributed by atoms with Gasteiger partial charge in [-0.1, -0.05) is 24.3 Å². The Bertz CT molecular complexity index is 307. The molecular formula is C12H12N2O. The van der Waals surface area contributed by atoms with Gasteiger partial charge in [-0.05, 0) is 24.3 Å². The Kier molecular flexibility index (Phi) is 3.41. The standard InChI is InChI=1S/C12H12N2O/c1-3-7-11(13-9-5-1)15-12-8-4-2-6-10-14-12/h1-12H. The molecule has 0 N–H and O–H groups in total. The first kappa shape index (κ1) is 9.80. The molecule has 0 saturated carbocycles. The second-order valence-electron chi connectivity index (χ2n) is 3.05. The van der Waals surface area contributed by atoms with E-state index in [1.165, 1.54) is 0 Å². The summed E-state index contributed by atoms with van der Waals surface area (Å²) in [6.07, 6.45) is 18.1. The van der Waals surface area contributed by atoms with Crippen molar-refractivity contribution in [3.63, 3.8) is 0 Å². The summed E-state index contributed by atoms with van der Waals surface area (Å²) in [6.45, 7) is 0. The Morgan fingerprint density at radius 3 is 1.73 bits per heavy atom. The highest BCUT2D eigenvalue weighted by atomic mass is 16.5. The minimum atomic E-state index is -0.259. The van der Waals surface area contributed by atoms with Crippen molar-refractivity contribution in [2.45, 2.75) is 12.5 Å². The van der Waals surface area contributed by atoms with E-state index < -0.39 is 0 Å². The van der Waals surface area contributed by atoms with Gasteiger partial charge >= 0.3 is 0 Å². The Labute approximate surface area is 88.9 Å². The van der Waals surface area contributed by atoms with Crippen molar-refractivity contribution in [2.75, 3.05) is 0 Å². The van der Waals surface area contributed by atoms with Crippen LogP contribution in [0.1, 0.15) is 0 Å². The molecule has 3 nitrogen and oxygen atoms in total. The van der Waals surface area contributed by atoms with Crippen LogP contribution in [0.3, 0.4) is 0 Å². The van der Waals surface area contributed by atoms with E-state index in [9.17, 15) is 0 Å². The number of hydrogen-bond donors (Lipinski definition) is 0. The molecule has 0 aromatic rings. The highest BCUT2D eigenvalue weighted by molar-refractivity contribution is 5.72. The lowest BCUT2D eigenvalue weighted by molar-refractivity contribution is 0.0529. The average molecular weight is 200 g/mol. The van der Waals surface area contributed by atoms with E-state index in [0.717, 1.165) is 0 Å². The minimum Gasteiger partial charge on any atom is -0.324 e. The zero-order chi connectivity index (χ0) is 10.3. The highest BCUT2D eigenvalue weighted by Crippen LogP contribution is 2.07. The lowest BCUT2D eigenvalue weighted by Gasteiger charge is -2.12. The van der Waals surface area contributed by atoms with E-state index in [2.05, 4.69) is 9.98 Å². The van der Waals surface area contributed by atoms with Crippen LogP contribution in [0.2, 0.25) is 0 Å². The molecule has 0 spiro atoms. The van der Waals surface area contributed by atoms with Crippen LogP contribution in [-0.2, 0) is 4.74 Å². The number of hydrogen-bond acceptors (Lipinski definition) is 3. The zero-order valence-electron chi connectivity index (χ0n) is 8.23. The Morgan fingerprint density at radius 2 is 1.20 bits per heavy atom. The second kappa shape index (κ2) is 5.22. The lowest BCUT2D eigenvalue weighted by atomic mass is 10.4. The van der Waals surface area contributed by atoms with E-state index in [4.69, 9.17) is 4.74 Å². The molecule has 0 amide bonds. The first-order valence-electron chi connectivity index (χ1n) is 4.84. The summed E-state index contributed by atoms with van der Waals surface area (Å²) >= 11 is 0. The molecule has 0 saturated heterocycles. The van der Waals surface area contributed by atoms with Crippen molar-refractivity contribution < 1.29 is 4.74 Å². The van der Waals surface area contributed by atoms with Crippen LogP contribution in [0.5, 0.6) is 0 Å². The molecule has 2 aliphatic heterocycles. The maximum Gasteiger partial charge on any atom is 0.170 e. The Morgan fingerprint density at radius 1 is 0.667 bits per heavy atom. The van der Waals surface area contributed by atoms with Crippen LogP contribution >= 0.6 is 0 Å². The van der Waals surface area contributed by atoms with E-state index in [1.54, 1.807) is 12.4 Å². The van der Waals surface area contributed by atoms with E-state index in [0.29, 0.717) is 0 Å². The van der Waals surface area contributed by atoms with Crippen LogP contribution in [0.25, 0.3) is 0 Å². The number of aliphatic imine (C=N–C) groups is 2. The van der Waals surface area contributed by atoms with Crippen molar-refractivity contribution in [3.05, 3.63) is 48.6 Å². The molecule has 2 rings (SSSR count). The fourth-order valence-electron chi connectivity index (χ4n) is 1.22. The van der Waals surface area contributed by atoms with Gasteiger partial charge in [0.25, 0.3) is 0 Å². The van der Waals surface area contributed by atoms with Crippen molar-refractivity contribution in [1.82, 2.24) is 0 Å². The first-order chi connectivity index (χ1) is 7.45. The van der Waals surface area contributed by atoms with Crippen LogP contribution in [0.4, 0.5) is 0 Å². The third-order valence-corrected chi connectivity index (χ3v) is 1.91. The monoisotopic (exact) mass is 200 g/mol. The maximum atomic E-state index is 5.64. The third kappa shape index (κ3) is 3.14. The molecule has 0 aromatic carbocycles. The Balaban J connectivity index is 1.97. The summed E-state index contributed by atoms with van der Waals surface area (Å²) in [7, 11) is 0. The highest BCUT2D eigenvalue weighted by Gasteiger charge is 2.09. The minimum absolute atomic E-state index is 0.259. The summed E-state index contributed by atoms with van der Waals surface area (Å²) < 4.78 is 5.64. The lowest BCUT2D eigenvalue weighted by Crippen LogP contribution is -2.15. The van der Waals surface area contributed by atoms with Crippen molar-refractivity contribution in [2.24, 2.45) is 9.98 Å². The first-order valence-corrected chi connectivity index (χ1v) is 4.84. The van der Waals surface area contributed by atoms with Gasteiger partial charge in [0, 0.05) is 12.4 Å². The van der Waals surface area contributed by atoms with Crippen LogP contribution in [-0.4, -0.2) is 24.9 Å². The van der Waals surface area contributed by atoms with Crippen molar-refractivity contribution >= 4 is 12.4 Å². The zero-order valence-corrected chi connectivity index (χ0v) is 8.23. The summed E-state index contributed by atoms with van der Waals surface area (Å²) in [6, 6.07) is 0. The molecule has 0 bridgehead atoms. The van der Waals surface area contributed by atoms with Crippen molar-refractivity contribution in [3.8, 4) is 0 Å². The molecule has 0 fully saturated rings. The third-order valence-electron chi connectivity index (χ3n) is 1.91. The van der Waals surface area contributed by atoms with Crippen LogP contribution in [0.15, 0.2) is 58.6 Å². The van der Waals surface area contributed by atoms with Gasteiger partial charge in [-0.2, -0.15) is 0 Å². The van der Waals surface area contributed by atoms with Gasteiger partial charge in [-0.15, -0.1) is 0 Å². The SMILES string of the molecule is C1=CC=NC(OC2C=CC=CC=N2)C=C1. The normalized spacial score (nSPS) is 28.0. The van der Waals surface area contributed by atoms with Gasteiger partial charge < -0.3 is 4.74 Å². The molecule has 0 aromatic heterocycles.